The van der Waals surface area contributed by atoms with Gasteiger partial charge in [-0.3, -0.25) is 4.79 Å². The van der Waals surface area contributed by atoms with E-state index in [4.69, 9.17) is 4.55 Å². The van der Waals surface area contributed by atoms with Crippen molar-refractivity contribution in [3.05, 3.63) is 71.3 Å². The summed E-state index contributed by atoms with van der Waals surface area (Å²) >= 11 is -1.78. The molecule has 0 saturated carbocycles. The summed E-state index contributed by atoms with van der Waals surface area (Å²) in [5.74, 6) is 0.198. The van der Waals surface area contributed by atoms with Gasteiger partial charge in [-0.15, -0.1) is 0 Å². The lowest BCUT2D eigenvalue weighted by Crippen LogP contribution is -2.02. The molecule has 2 aromatic rings. The van der Waals surface area contributed by atoms with Gasteiger partial charge in [0.1, 0.15) is 0 Å². The lowest BCUT2D eigenvalue weighted by Gasteiger charge is -2.03. The maximum atomic E-state index is 12.1. The Bertz CT molecular complexity index is 576. The van der Waals surface area contributed by atoms with E-state index in [0.29, 0.717) is 17.5 Å². The Morgan fingerprint density at radius 2 is 1.53 bits per heavy atom. The van der Waals surface area contributed by atoms with Crippen LogP contribution in [0.3, 0.4) is 0 Å². The maximum absolute atomic E-state index is 12.1. The lowest BCUT2D eigenvalue weighted by molar-refractivity contribution is 0.103. The molecule has 0 aliphatic rings. The highest BCUT2D eigenvalue weighted by Crippen LogP contribution is 2.11. The average Bonchev–Trinajstić information content (AvgIpc) is 2.46. The van der Waals surface area contributed by atoms with Crippen LogP contribution in [0.25, 0.3) is 0 Å². The summed E-state index contributed by atoms with van der Waals surface area (Å²) in [4.78, 5) is 12.1. The molecule has 0 radical (unpaired) electrons. The predicted octanol–water partition coefficient (Wildman–Crippen LogP) is 2.68. The maximum Gasteiger partial charge on any atom is 0.193 e. The van der Waals surface area contributed by atoms with Gasteiger partial charge in [-0.05, 0) is 12.0 Å². The van der Waals surface area contributed by atoms with Crippen molar-refractivity contribution in [2.24, 2.45) is 0 Å². The summed E-state index contributed by atoms with van der Waals surface area (Å²) in [7, 11) is 0. The number of benzene rings is 2. The number of carbonyl (C=O) groups is 1. The highest BCUT2D eigenvalue weighted by atomic mass is 32.2. The van der Waals surface area contributed by atoms with Crippen LogP contribution in [0.2, 0.25) is 0 Å². The Morgan fingerprint density at radius 1 is 0.947 bits per heavy atom. The average molecular weight is 274 g/mol. The standard InChI is InChI=1S/C15H14O3S/c16-15(13-4-2-1-3-5-13)14-8-6-12(7-9-14)10-11-19(17)18/h1-9H,10-11H2,(H,17,18). The summed E-state index contributed by atoms with van der Waals surface area (Å²) < 4.78 is 19.3. The van der Waals surface area contributed by atoms with Crippen molar-refractivity contribution in [3.63, 3.8) is 0 Å². The minimum absolute atomic E-state index is 0.0158. The second kappa shape index (κ2) is 6.41. The SMILES string of the molecule is O=C(c1ccccc1)c1ccc(CCS(=O)O)cc1. The molecule has 0 aliphatic carbocycles. The molecule has 0 spiro atoms. The van der Waals surface area contributed by atoms with Crippen LogP contribution in [0.5, 0.6) is 0 Å². The highest BCUT2D eigenvalue weighted by molar-refractivity contribution is 7.79. The summed E-state index contributed by atoms with van der Waals surface area (Å²) in [6.07, 6.45) is 0.531. The number of hydrogen-bond donors (Lipinski definition) is 1. The van der Waals surface area contributed by atoms with Gasteiger partial charge in [-0.2, -0.15) is 0 Å². The fourth-order valence-electron chi connectivity index (χ4n) is 1.78. The molecule has 2 aromatic carbocycles. The molecule has 2 rings (SSSR count). The van der Waals surface area contributed by atoms with Crippen LogP contribution in [0, 0.1) is 0 Å². The van der Waals surface area contributed by atoms with E-state index < -0.39 is 11.1 Å². The summed E-state index contributed by atoms with van der Waals surface area (Å²) in [5.41, 5.74) is 2.23. The number of hydrogen-bond acceptors (Lipinski definition) is 2. The molecule has 98 valence electrons. The van der Waals surface area contributed by atoms with Crippen LogP contribution in [0.15, 0.2) is 54.6 Å². The normalized spacial score (nSPS) is 12.1. The van der Waals surface area contributed by atoms with Gasteiger partial charge in [0.15, 0.2) is 16.9 Å². The topological polar surface area (TPSA) is 54.4 Å². The predicted molar refractivity (Wildman–Crippen MR) is 75.7 cm³/mol. The van der Waals surface area contributed by atoms with Crippen LogP contribution in [0.4, 0.5) is 0 Å². The molecule has 3 nitrogen and oxygen atoms in total. The zero-order valence-electron chi connectivity index (χ0n) is 10.3. The molecular formula is C15H14O3S. The number of aryl methyl sites for hydroxylation is 1. The van der Waals surface area contributed by atoms with E-state index in [2.05, 4.69) is 0 Å². The largest absolute Gasteiger partial charge is 0.306 e. The first-order valence-corrected chi connectivity index (χ1v) is 7.20. The quantitative estimate of drug-likeness (QED) is 0.673. The third-order valence-corrected chi connectivity index (χ3v) is 3.37. The van der Waals surface area contributed by atoms with E-state index in [9.17, 15) is 9.00 Å². The molecular weight excluding hydrogens is 260 g/mol. The molecule has 1 atom stereocenters. The molecule has 0 bridgehead atoms. The van der Waals surface area contributed by atoms with E-state index >= 15 is 0 Å². The first kappa shape index (κ1) is 13.6. The van der Waals surface area contributed by atoms with E-state index in [1.807, 2.05) is 30.3 Å². The first-order chi connectivity index (χ1) is 9.16. The van der Waals surface area contributed by atoms with E-state index in [1.165, 1.54) is 0 Å². The van der Waals surface area contributed by atoms with Gasteiger partial charge in [0.05, 0.1) is 5.75 Å². The molecule has 4 heteroatoms. The highest BCUT2D eigenvalue weighted by Gasteiger charge is 2.08. The Labute approximate surface area is 114 Å². The molecule has 0 saturated heterocycles. The summed E-state index contributed by atoms with van der Waals surface area (Å²) in [6.45, 7) is 0. The lowest BCUT2D eigenvalue weighted by atomic mass is 10.0. The van der Waals surface area contributed by atoms with Gasteiger partial charge < -0.3 is 4.55 Å². The smallest absolute Gasteiger partial charge is 0.193 e. The van der Waals surface area contributed by atoms with Crippen molar-refractivity contribution in [2.75, 3.05) is 5.75 Å². The zero-order valence-corrected chi connectivity index (χ0v) is 11.1. The van der Waals surface area contributed by atoms with Gasteiger partial charge in [-0.1, -0.05) is 54.6 Å². The van der Waals surface area contributed by atoms with E-state index in [1.54, 1.807) is 24.3 Å². The summed E-state index contributed by atoms with van der Waals surface area (Å²) in [6, 6.07) is 16.3. The second-order valence-corrected chi connectivity index (χ2v) is 5.22. The van der Waals surface area contributed by atoms with E-state index in [0.717, 1.165) is 5.56 Å². The van der Waals surface area contributed by atoms with Gasteiger partial charge in [0.2, 0.25) is 0 Å². The van der Waals surface area contributed by atoms with Crippen LogP contribution >= 0.6 is 0 Å². The summed E-state index contributed by atoms with van der Waals surface area (Å²) in [5, 5.41) is 0. The van der Waals surface area contributed by atoms with Crippen molar-refractivity contribution >= 4 is 16.9 Å². The van der Waals surface area contributed by atoms with Crippen LogP contribution in [-0.4, -0.2) is 20.3 Å². The van der Waals surface area contributed by atoms with Crippen molar-refractivity contribution in [3.8, 4) is 0 Å². The Morgan fingerprint density at radius 3 is 2.11 bits per heavy atom. The Balaban J connectivity index is 2.10. The van der Waals surface area contributed by atoms with Gasteiger partial charge >= 0.3 is 0 Å². The Hall–Kier alpha value is -1.78. The van der Waals surface area contributed by atoms with Crippen molar-refractivity contribution in [1.29, 1.82) is 0 Å². The van der Waals surface area contributed by atoms with Crippen LogP contribution in [-0.2, 0) is 17.5 Å². The minimum Gasteiger partial charge on any atom is -0.306 e. The molecule has 0 heterocycles. The van der Waals surface area contributed by atoms with Crippen LogP contribution < -0.4 is 0 Å². The fourth-order valence-corrected chi connectivity index (χ4v) is 2.19. The molecule has 0 fully saturated rings. The molecule has 1 unspecified atom stereocenters. The number of ketones is 1. The fraction of sp³-hybridized carbons (Fsp3) is 0.133. The van der Waals surface area contributed by atoms with Gasteiger partial charge in [-0.25, -0.2) is 4.21 Å². The Kier molecular flexibility index (Phi) is 4.60. The monoisotopic (exact) mass is 274 g/mol. The van der Waals surface area contributed by atoms with Crippen molar-refractivity contribution in [1.82, 2.24) is 0 Å². The van der Waals surface area contributed by atoms with Crippen molar-refractivity contribution < 1.29 is 13.6 Å². The second-order valence-electron chi connectivity index (χ2n) is 4.17. The molecule has 0 amide bonds. The van der Waals surface area contributed by atoms with Crippen molar-refractivity contribution in [2.45, 2.75) is 6.42 Å². The van der Waals surface area contributed by atoms with Gasteiger partial charge in [0, 0.05) is 11.1 Å². The molecule has 0 aliphatic heterocycles. The van der Waals surface area contributed by atoms with Gasteiger partial charge in [0.25, 0.3) is 0 Å². The third-order valence-electron chi connectivity index (χ3n) is 2.82. The first-order valence-electron chi connectivity index (χ1n) is 5.93. The molecule has 1 N–H and O–H groups in total. The number of carbonyl (C=O) groups excluding carboxylic acids is 1. The molecule has 19 heavy (non-hydrogen) atoms. The van der Waals surface area contributed by atoms with Crippen LogP contribution in [0.1, 0.15) is 21.5 Å². The zero-order chi connectivity index (χ0) is 13.7. The molecule has 0 aromatic heterocycles. The third kappa shape index (κ3) is 3.84. The minimum atomic E-state index is -1.78. The van der Waals surface area contributed by atoms with E-state index in [-0.39, 0.29) is 11.5 Å². The number of rotatable bonds is 5.